The number of hydrogen-bond acceptors (Lipinski definition) is 3. The highest BCUT2D eigenvalue weighted by Crippen LogP contribution is 2.59. The summed E-state index contributed by atoms with van der Waals surface area (Å²) in [6, 6.07) is 0.0240. The van der Waals surface area contributed by atoms with Gasteiger partial charge in [-0.1, -0.05) is 19.9 Å². The van der Waals surface area contributed by atoms with Crippen LogP contribution in [0.25, 0.3) is 0 Å². The zero-order chi connectivity index (χ0) is 17.5. The molecule has 4 rings (SSSR count). The molecule has 5 heteroatoms. The zero-order valence-corrected chi connectivity index (χ0v) is 15.4. The highest BCUT2D eigenvalue weighted by molar-refractivity contribution is 5.75. The maximum Gasteiger partial charge on any atom is 0.319 e. The van der Waals surface area contributed by atoms with Crippen LogP contribution in [0.2, 0.25) is 0 Å². The molecule has 1 aliphatic heterocycles. The van der Waals surface area contributed by atoms with Crippen molar-refractivity contribution in [2.45, 2.75) is 39.5 Å². The SMILES string of the molecule is CN(C)C(=O)N1CCC(C(=O)OCC2=CC[C@H]3C[C@@H]2C3(C)C)CC1. The molecule has 2 fully saturated rings. The van der Waals surface area contributed by atoms with Crippen LogP contribution in [-0.4, -0.2) is 55.6 Å². The number of carbonyl (C=O) groups excluding carboxylic acids is 2. The van der Waals surface area contributed by atoms with Gasteiger partial charge >= 0.3 is 12.0 Å². The van der Waals surface area contributed by atoms with E-state index in [4.69, 9.17) is 4.74 Å². The largest absolute Gasteiger partial charge is 0.461 e. The van der Waals surface area contributed by atoms with Gasteiger partial charge in [0.05, 0.1) is 5.92 Å². The molecule has 0 aromatic heterocycles. The first-order chi connectivity index (χ1) is 11.3. The molecule has 4 aliphatic rings. The van der Waals surface area contributed by atoms with Crippen LogP contribution in [0.4, 0.5) is 4.79 Å². The van der Waals surface area contributed by atoms with Gasteiger partial charge in [0.1, 0.15) is 6.61 Å². The number of urea groups is 1. The fourth-order valence-corrected chi connectivity index (χ4v) is 4.50. The van der Waals surface area contributed by atoms with E-state index in [9.17, 15) is 9.59 Å². The quantitative estimate of drug-likeness (QED) is 0.589. The Morgan fingerprint density at radius 1 is 1.29 bits per heavy atom. The number of piperidine rings is 1. The molecule has 24 heavy (non-hydrogen) atoms. The van der Waals surface area contributed by atoms with Crippen LogP contribution in [0.3, 0.4) is 0 Å². The molecule has 0 spiro atoms. The maximum atomic E-state index is 12.4. The Hall–Kier alpha value is -1.52. The van der Waals surface area contributed by atoms with Crippen molar-refractivity contribution >= 4 is 12.0 Å². The number of allylic oxidation sites excluding steroid dienone is 1. The van der Waals surface area contributed by atoms with Crippen molar-refractivity contribution in [2.75, 3.05) is 33.8 Å². The van der Waals surface area contributed by atoms with Gasteiger partial charge in [-0.2, -0.15) is 0 Å². The predicted molar refractivity (Wildman–Crippen MR) is 92.4 cm³/mol. The van der Waals surface area contributed by atoms with E-state index in [-0.39, 0.29) is 17.9 Å². The minimum atomic E-state index is -0.0906. The molecule has 1 saturated carbocycles. The first-order valence-corrected chi connectivity index (χ1v) is 9.12. The summed E-state index contributed by atoms with van der Waals surface area (Å²) in [6.45, 7) is 6.39. The van der Waals surface area contributed by atoms with Crippen molar-refractivity contribution in [3.8, 4) is 0 Å². The number of ether oxygens (including phenoxy) is 1. The van der Waals surface area contributed by atoms with Gasteiger partial charge in [0.15, 0.2) is 0 Å². The van der Waals surface area contributed by atoms with Crippen LogP contribution >= 0.6 is 0 Å². The molecule has 3 aliphatic carbocycles. The van der Waals surface area contributed by atoms with E-state index in [2.05, 4.69) is 19.9 Å². The van der Waals surface area contributed by atoms with Gasteiger partial charge in [-0.25, -0.2) is 4.79 Å². The van der Waals surface area contributed by atoms with Gasteiger partial charge in [0.2, 0.25) is 0 Å². The van der Waals surface area contributed by atoms with E-state index in [0.717, 1.165) is 12.3 Å². The minimum Gasteiger partial charge on any atom is -0.461 e. The fourth-order valence-electron chi connectivity index (χ4n) is 4.50. The number of nitrogens with zero attached hydrogens (tertiary/aromatic N) is 2. The molecule has 2 amide bonds. The standard InChI is InChI=1S/C19H30N2O3/c1-19(2)15-6-5-14(16(19)11-15)12-24-17(22)13-7-9-21(10-8-13)18(23)20(3)4/h5,13,15-16H,6-12H2,1-4H3/t15-,16-/m0/s1. The third kappa shape index (κ3) is 3.05. The predicted octanol–water partition coefficient (Wildman–Crippen LogP) is 2.92. The second-order valence-corrected chi connectivity index (χ2v) is 8.37. The summed E-state index contributed by atoms with van der Waals surface area (Å²) in [5.41, 5.74) is 1.69. The molecule has 0 radical (unpaired) electrons. The minimum absolute atomic E-state index is 0.0240. The highest BCUT2D eigenvalue weighted by Gasteiger charge is 2.51. The molecule has 2 atom stereocenters. The summed E-state index contributed by atoms with van der Waals surface area (Å²) in [5.74, 6) is 1.23. The second-order valence-electron chi connectivity index (χ2n) is 8.37. The molecule has 1 saturated heterocycles. The van der Waals surface area contributed by atoms with Gasteiger partial charge in [-0.05, 0) is 48.5 Å². The van der Waals surface area contributed by atoms with Gasteiger partial charge in [-0.3, -0.25) is 4.79 Å². The topological polar surface area (TPSA) is 49.9 Å². The van der Waals surface area contributed by atoms with Gasteiger partial charge in [0, 0.05) is 27.2 Å². The van der Waals surface area contributed by atoms with Crippen LogP contribution in [0.5, 0.6) is 0 Å². The Labute approximate surface area is 145 Å². The average molecular weight is 334 g/mol. The molecule has 2 bridgehead atoms. The van der Waals surface area contributed by atoms with E-state index in [1.54, 1.807) is 19.0 Å². The van der Waals surface area contributed by atoms with E-state index >= 15 is 0 Å². The lowest BCUT2D eigenvalue weighted by Crippen LogP contribution is -2.49. The van der Waals surface area contributed by atoms with Crippen LogP contribution in [0, 0.1) is 23.2 Å². The molecular weight excluding hydrogens is 304 g/mol. The molecule has 0 N–H and O–H groups in total. The molecular formula is C19H30N2O3. The third-order valence-electron chi connectivity index (χ3n) is 6.45. The Bertz CT molecular complexity index is 545. The van der Waals surface area contributed by atoms with Gasteiger partial charge < -0.3 is 14.5 Å². The van der Waals surface area contributed by atoms with Crippen LogP contribution in [0.1, 0.15) is 39.5 Å². The third-order valence-corrected chi connectivity index (χ3v) is 6.45. The lowest BCUT2D eigenvalue weighted by Gasteiger charge is -2.56. The summed E-state index contributed by atoms with van der Waals surface area (Å²) in [6.07, 6.45) is 6.07. The number of rotatable bonds is 3. The fraction of sp³-hybridized carbons (Fsp3) is 0.789. The van der Waals surface area contributed by atoms with Crippen molar-refractivity contribution in [1.82, 2.24) is 9.80 Å². The summed E-state index contributed by atoms with van der Waals surface area (Å²) in [7, 11) is 3.51. The Kier molecular flexibility index (Phi) is 4.63. The first kappa shape index (κ1) is 17.3. The van der Waals surface area contributed by atoms with E-state index in [0.29, 0.717) is 43.9 Å². The lowest BCUT2D eigenvalue weighted by molar-refractivity contribution is -0.149. The number of amides is 2. The smallest absolute Gasteiger partial charge is 0.319 e. The van der Waals surface area contributed by atoms with E-state index < -0.39 is 0 Å². The van der Waals surface area contributed by atoms with Crippen molar-refractivity contribution < 1.29 is 14.3 Å². The number of esters is 1. The molecule has 134 valence electrons. The van der Waals surface area contributed by atoms with E-state index in [1.165, 1.54) is 12.0 Å². The molecule has 5 nitrogen and oxygen atoms in total. The van der Waals surface area contributed by atoms with Crippen molar-refractivity contribution in [2.24, 2.45) is 23.2 Å². The number of fused-ring (bicyclic) bond motifs is 1. The highest BCUT2D eigenvalue weighted by atomic mass is 16.5. The molecule has 1 heterocycles. The Morgan fingerprint density at radius 3 is 2.50 bits per heavy atom. The van der Waals surface area contributed by atoms with Crippen molar-refractivity contribution in [3.05, 3.63) is 11.6 Å². The maximum absolute atomic E-state index is 12.4. The molecule has 0 aromatic carbocycles. The van der Waals surface area contributed by atoms with E-state index in [1.807, 2.05) is 4.90 Å². The summed E-state index contributed by atoms with van der Waals surface area (Å²) in [5, 5.41) is 0. The molecule has 0 unspecified atom stereocenters. The first-order valence-electron chi connectivity index (χ1n) is 9.12. The average Bonchev–Trinajstić information content (AvgIpc) is 2.59. The van der Waals surface area contributed by atoms with Crippen LogP contribution in [-0.2, 0) is 9.53 Å². The molecule has 0 aromatic rings. The number of carbonyl (C=O) groups is 2. The zero-order valence-electron chi connectivity index (χ0n) is 15.4. The van der Waals surface area contributed by atoms with Crippen LogP contribution in [0.15, 0.2) is 11.6 Å². The van der Waals surface area contributed by atoms with Gasteiger partial charge in [0.25, 0.3) is 0 Å². The van der Waals surface area contributed by atoms with Crippen molar-refractivity contribution in [3.63, 3.8) is 0 Å². The Morgan fingerprint density at radius 2 is 1.96 bits per heavy atom. The summed E-state index contributed by atoms with van der Waals surface area (Å²) >= 11 is 0. The van der Waals surface area contributed by atoms with Crippen LogP contribution < -0.4 is 0 Å². The summed E-state index contributed by atoms with van der Waals surface area (Å²) < 4.78 is 5.63. The lowest BCUT2D eigenvalue weighted by atomic mass is 9.49. The monoisotopic (exact) mass is 334 g/mol. The summed E-state index contributed by atoms with van der Waals surface area (Å²) in [4.78, 5) is 27.7. The van der Waals surface area contributed by atoms with Gasteiger partial charge in [-0.15, -0.1) is 0 Å². The normalized spacial score (nSPS) is 28.7. The Balaban J connectivity index is 1.46. The van der Waals surface area contributed by atoms with Crippen molar-refractivity contribution in [1.29, 1.82) is 0 Å². The number of hydrogen-bond donors (Lipinski definition) is 0. The second kappa shape index (κ2) is 6.41. The number of likely N-dealkylation sites (tertiary alicyclic amines) is 1.